The summed E-state index contributed by atoms with van der Waals surface area (Å²) in [5, 5.41) is 0.191. The first-order valence-electron chi connectivity index (χ1n) is 7.39. The Morgan fingerprint density at radius 1 is 1.05 bits per heavy atom. The van der Waals surface area contributed by atoms with Gasteiger partial charge in [-0.3, -0.25) is 0 Å². The summed E-state index contributed by atoms with van der Waals surface area (Å²) in [7, 11) is 0. The number of benzene rings is 2. The van der Waals surface area contributed by atoms with Crippen LogP contribution in [0.2, 0.25) is 5.02 Å². The van der Waals surface area contributed by atoms with Gasteiger partial charge in [-0.1, -0.05) is 61.0 Å². The van der Waals surface area contributed by atoms with E-state index in [0.717, 1.165) is 29.9 Å². The second-order valence-electron chi connectivity index (χ2n) is 5.79. The van der Waals surface area contributed by atoms with E-state index in [4.69, 9.17) is 11.6 Å². The molecule has 0 saturated heterocycles. The van der Waals surface area contributed by atoms with Crippen molar-refractivity contribution in [2.75, 3.05) is 0 Å². The Morgan fingerprint density at radius 2 is 1.76 bits per heavy atom. The summed E-state index contributed by atoms with van der Waals surface area (Å²) < 4.78 is 13.5. The maximum atomic E-state index is 13.5. The second kappa shape index (κ2) is 6.03. The molecule has 0 bridgehead atoms. The number of hydrogen-bond donors (Lipinski definition) is 0. The smallest absolute Gasteiger partial charge is 0.142 e. The molecule has 0 amide bonds. The van der Waals surface area contributed by atoms with Gasteiger partial charge in [0.25, 0.3) is 0 Å². The van der Waals surface area contributed by atoms with Crippen molar-refractivity contribution in [2.45, 2.75) is 26.2 Å². The largest absolute Gasteiger partial charge is 0.205 e. The molecule has 1 aliphatic rings. The monoisotopic (exact) mass is 300 g/mol. The van der Waals surface area contributed by atoms with E-state index in [1.54, 1.807) is 6.07 Å². The minimum absolute atomic E-state index is 0.191. The van der Waals surface area contributed by atoms with Crippen LogP contribution >= 0.6 is 11.6 Å². The van der Waals surface area contributed by atoms with E-state index < -0.39 is 0 Å². The lowest BCUT2D eigenvalue weighted by atomic mass is 9.87. The van der Waals surface area contributed by atoms with Gasteiger partial charge in [-0.05, 0) is 47.9 Å². The highest BCUT2D eigenvalue weighted by molar-refractivity contribution is 6.33. The molecule has 0 radical (unpaired) electrons. The predicted molar refractivity (Wildman–Crippen MR) is 87.8 cm³/mol. The third kappa shape index (κ3) is 3.03. The quantitative estimate of drug-likeness (QED) is 0.606. The molecule has 0 N–H and O–H groups in total. The molecule has 108 valence electrons. The van der Waals surface area contributed by atoms with Crippen LogP contribution in [-0.4, -0.2) is 0 Å². The molecule has 21 heavy (non-hydrogen) atoms. The third-order valence-electron chi connectivity index (χ3n) is 4.19. The van der Waals surface area contributed by atoms with Crippen LogP contribution in [0.15, 0.2) is 48.5 Å². The summed E-state index contributed by atoms with van der Waals surface area (Å²) in [6.07, 6.45) is 5.90. The van der Waals surface area contributed by atoms with Gasteiger partial charge in [0.15, 0.2) is 0 Å². The Morgan fingerprint density at radius 3 is 2.43 bits per heavy atom. The molecule has 1 aliphatic carbocycles. The number of hydrogen-bond acceptors (Lipinski definition) is 0. The molecule has 3 rings (SSSR count). The Labute approximate surface area is 130 Å². The van der Waals surface area contributed by atoms with Gasteiger partial charge >= 0.3 is 0 Å². The fourth-order valence-electron chi connectivity index (χ4n) is 2.82. The fourth-order valence-corrected chi connectivity index (χ4v) is 3.05. The van der Waals surface area contributed by atoms with Crippen LogP contribution < -0.4 is 0 Å². The fraction of sp³-hybridized carbons (Fsp3) is 0.263. The summed E-state index contributed by atoms with van der Waals surface area (Å²) in [5.74, 6) is 0.418. The normalized spacial score (nSPS) is 18.4. The van der Waals surface area contributed by atoms with Gasteiger partial charge < -0.3 is 0 Å². The molecule has 0 saturated carbocycles. The zero-order valence-corrected chi connectivity index (χ0v) is 12.8. The van der Waals surface area contributed by atoms with Crippen LogP contribution in [0.3, 0.4) is 0 Å². The molecule has 1 atom stereocenters. The topological polar surface area (TPSA) is 0 Å². The molecule has 0 fully saturated rings. The first-order chi connectivity index (χ1) is 10.1. The summed E-state index contributed by atoms with van der Waals surface area (Å²) in [6, 6.07) is 13.2. The van der Waals surface area contributed by atoms with E-state index in [0.29, 0.717) is 0 Å². The third-order valence-corrected chi connectivity index (χ3v) is 4.58. The van der Waals surface area contributed by atoms with Crippen molar-refractivity contribution in [3.63, 3.8) is 0 Å². The molecule has 0 heterocycles. The van der Waals surface area contributed by atoms with E-state index >= 15 is 0 Å². The standard InChI is InChI=1S/C19H18ClF/c1-13-5-7-14(8-6-13)15-9-11-16(12-10-15)17-3-2-4-18(21)19(17)20/h2-4,7,9-13H,5-6,8H2,1H3. The Balaban J connectivity index is 1.89. The second-order valence-corrected chi connectivity index (χ2v) is 6.17. The highest BCUT2D eigenvalue weighted by Crippen LogP contribution is 2.33. The van der Waals surface area contributed by atoms with Crippen molar-refractivity contribution in [2.24, 2.45) is 5.92 Å². The van der Waals surface area contributed by atoms with Crippen molar-refractivity contribution < 1.29 is 4.39 Å². The molecular formula is C19H18ClF. The van der Waals surface area contributed by atoms with Gasteiger partial charge in [-0.15, -0.1) is 0 Å². The number of rotatable bonds is 2. The van der Waals surface area contributed by atoms with Crippen molar-refractivity contribution in [3.05, 3.63) is 64.9 Å². The lowest BCUT2D eigenvalue weighted by Gasteiger charge is -2.18. The Kier molecular flexibility index (Phi) is 4.12. The average molecular weight is 301 g/mol. The van der Waals surface area contributed by atoms with Crippen molar-refractivity contribution >= 4 is 17.2 Å². The zero-order chi connectivity index (χ0) is 14.8. The van der Waals surface area contributed by atoms with E-state index in [1.165, 1.54) is 23.6 Å². The zero-order valence-electron chi connectivity index (χ0n) is 12.1. The summed E-state index contributed by atoms with van der Waals surface area (Å²) in [6.45, 7) is 2.29. The van der Waals surface area contributed by atoms with Crippen LogP contribution in [0, 0.1) is 11.7 Å². The Hall–Kier alpha value is -1.60. The molecule has 2 aromatic rings. The maximum absolute atomic E-state index is 13.5. The highest BCUT2D eigenvalue weighted by Gasteiger charge is 2.12. The van der Waals surface area contributed by atoms with Gasteiger partial charge in [0.05, 0.1) is 5.02 Å². The van der Waals surface area contributed by atoms with Gasteiger partial charge in [-0.2, -0.15) is 0 Å². The summed E-state index contributed by atoms with van der Waals surface area (Å²) in [5.41, 5.74) is 4.38. The molecular weight excluding hydrogens is 283 g/mol. The SMILES string of the molecule is CC1CC=C(c2ccc(-c3cccc(F)c3Cl)cc2)CC1. The van der Waals surface area contributed by atoms with Crippen LogP contribution in [0.1, 0.15) is 31.7 Å². The van der Waals surface area contributed by atoms with Crippen LogP contribution in [-0.2, 0) is 0 Å². The predicted octanol–water partition coefficient (Wildman–Crippen LogP) is 6.35. The van der Waals surface area contributed by atoms with Crippen LogP contribution in [0.25, 0.3) is 16.7 Å². The Bertz CT molecular complexity index is 670. The van der Waals surface area contributed by atoms with Crippen molar-refractivity contribution in [1.29, 1.82) is 0 Å². The average Bonchev–Trinajstić information content (AvgIpc) is 2.51. The molecule has 1 unspecified atom stereocenters. The van der Waals surface area contributed by atoms with E-state index in [9.17, 15) is 4.39 Å². The van der Waals surface area contributed by atoms with Gasteiger partial charge in [0.1, 0.15) is 5.82 Å². The lowest BCUT2D eigenvalue weighted by Crippen LogP contribution is -2.00. The van der Waals surface area contributed by atoms with Gasteiger partial charge in [0.2, 0.25) is 0 Å². The van der Waals surface area contributed by atoms with Gasteiger partial charge in [0, 0.05) is 5.56 Å². The van der Waals surface area contributed by atoms with Crippen molar-refractivity contribution in [3.8, 4) is 11.1 Å². The molecule has 2 heteroatoms. The van der Waals surface area contributed by atoms with E-state index in [1.807, 2.05) is 18.2 Å². The first kappa shape index (κ1) is 14.3. The summed E-state index contributed by atoms with van der Waals surface area (Å²) >= 11 is 6.05. The first-order valence-corrected chi connectivity index (χ1v) is 7.77. The van der Waals surface area contributed by atoms with Crippen LogP contribution in [0.4, 0.5) is 4.39 Å². The summed E-state index contributed by atoms with van der Waals surface area (Å²) in [4.78, 5) is 0. The molecule has 0 nitrogen and oxygen atoms in total. The van der Waals surface area contributed by atoms with E-state index in [-0.39, 0.29) is 10.8 Å². The minimum Gasteiger partial charge on any atom is -0.205 e. The maximum Gasteiger partial charge on any atom is 0.142 e. The molecule has 0 aromatic heterocycles. The number of allylic oxidation sites excluding steroid dienone is 2. The van der Waals surface area contributed by atoms with E-state index in [2.05, 4.69) is 25.1 Å². The molecule has 0 spiro atoms. The van der Waals surface area contributed by atoms with Gasteiger partial charge in [-0.25, -0.2) is 4.39 Å². The minimum atomic E-state index is -0.373. The molecule has 2 aromatic carbocycles. The van der Waals surface area contributed by atoms with Crippen LogP contribution in [0.5, 0.6) is 0 Å². The number of halogens is 2. The van der Waals surface area contributed by atoms with Crippen molar-refractivity contribution in [1.82, 2.24) is 0 Å². The molecule has 0 aliphatic heterocycles. The lowest BCUT2D eigenvalue weighted by molar-refractivity contribution is 0.534. The highest BCUT2D eigenvalue weighted by atomic mass is 35.5.